The average molecular weight is 595 g/mol. The van der Waals surface area contributed by atoms with Gasteiger partial charge in [0, 0.05) is 50.7 Å². The van der Waals surface area contributed by atoms with Gasteiger partial charge in [0.15, 0.2) is 11.6 Å². The van der Waals surface area contributed by atoms with Crippen molar-refractivity contribution in [1.29, 1.82) is 0 Å². The molecule has 1 heterocycles. The van der Waals surface area contributed by atoms with Crippen molar-refractivity contribution in [3.8, 4) is 17.2 Å². The highest BCUT2D eigenvalue weighted by molar-refractivity contribution is 5.75. The Hall–Kier alpha value is -3.27. The molecule has 42 heavy (non-hydrogen) atoms. The minimum atomic E-state index is -4.98. The summed E-state index contributed by atoms with van der Waals surface area (Å²) in [5.74, 6) is -0.450. The van der Waals surface area contributed by atoms with Crippen LogP contribution < -0.4 is 14.2 Å². The van der Waals surface area contributed by atoms with Gasteiger partial charge in [0.05, 0.1) is 19.8 Å². The van der Waals surface area contributed by atoms with Crippen molar-refractivity contribution in [2.24, 2.45) is 0 Å². The van der Waals surface area contributed by atoms with Gasteiger partial charge >= 0.3 is 6.36 Å². The third-order valence-corrected chi connectivity index (χ3v) is 8.25. The Morgan fingerprint density at radius 1 is 1.07 bits per heavy atom. The van der Waals surface area contributed by atoms with E-state index in [9.17, 15) is 22.4 Å². The lowest BCUT2D eigenvalue weighted by Crippen LogP contribution is -2.57. The van der Waals surface area contributed by atoms with Crippen molar-refractivity contribution >= 4 is 5.91 Å². The molecule has 232 valence electrons. The third-order valence-electron chi connectivity index (χ3n) is 8.25. The molecule has 0 N–H and O–H groups in total. The Kier molecular flexibility index (Phi) is 10.9. The zero-order valence-corrected chi connectivity index (χ0v) is 25.5. The second-order valence-corrected chi connectivity index (χ2v) is 10.8. The molecule has 3 rings (SSSR count). The fraction of sp³-hybridized carbons (Fsp3) is 0.531. The quantitative estimate of drug-likeness (QED) is 0.203. The van der Waals surface area contributed by atoms with Gasteiger partial charge in [-0.05, 0) is 62.4 Å². The van der Waals surface area contributed by atoms with Gasteiger partial charge in [-0.15, -0.1) is 13.2 Å². The number of amides is 1. The highest BCUT2D eigenvalue weighted by Gasteiger charge is 2.42. The number of methoxy groups -OCH3 is 2. The predicted molar refractivity (Wildman–Crippen MR) is 154 cm³/mol. The molecule has 0 saturated carbocycles. The first kappa shape index (κ1) is 33.2. The SMILES string of the molecule is CCc1cc(OC)cc(OC)c1C(C)/C=C(\C)C1(N(CC)C(C)=O)CCN(Cc2ccc(F)c(OC(F)(F)F)c2)CC1. The van der Waals surface area contributed by atoms with Crippen molar-refractivity contribution in [3.05, 3.63) is 64.5 Å². The number of carbonyl (C=O) groups excluding carboxylic acids is 1. The number of ether oxygens (including phenoxy) is 3. The summed E-state index contributed by atoms with van der Waals surface area (Å²) in [5, 5.41) is 0. The summed E-state index contributed by atoms with van der Waals surface area (Å²) in [6.45, 7) is 11.9. The van der Waals surface area contributed by atoms with Crippen molar-refractivity contribution in [3.63, 3.8) is 0 Å². The maximum absolute atomic E-state index is 13.9. The first-order valence-electron chi connectivity index (χ1n) is 14.3. The normalized spacial score (nSPS) is 16.6. The molecule has 2 aromatic carbocycles. The first-order valence-corrected chi connectivity index (χ1v) is 14.3. The van der Waals surface area contributed by atoms with Crippen molar-refractivity contribution in [2.45, 2.75) is 78.2 Å². The van der Waals surface area contributed by atoms with Gasteiger partial charge < -0.3 is 19.1 Å². The lowest BCUT2D eigenvalue weighted by Gasteiger charge is -2.49. The number of hydrogen-bond donors (Lipinski definition) is 0. The van der Waals surface area contributed by atoms with Gasteiger partial charge in [0.1, 0.15) is 11.5 Å². The molecule has 1 amide bonds. The summed E-state index contributed by atoms with van der Waals surface area (Å²) in [7, 11) is 3.27. The maximum Gasteiger partial charge on any atom is 0.573 e. The second kappa shape index (κ2) is 13.8. The van der Waals surface area contributed by atoms with Crippen LogP contribution in [0.4, 0.5) is 17.6 Å². The Labute approximate surface area is 246 Å². The Bertz CT molecular complexity index is 1240. The topological polar surface area (TPSA) is 51.2 Å². The fourth-order valence-electron chi connectivity index (χ4n) is 6.26. The molecule has 1 saturated heterocycles. The molecule has 0 bridgehead atoms. The van der Waals surface area contributed by atoms with E-state index in [0.29, 0.717) is 44.6 Å². The number of piperidine rings is 1. The van der Waals surface area contributed by atoms with E-state index in [4.69, 9.17) is 9.47 Å². The van der Waals surface area contributed by atoms with Crippen LogP contribution in [0.25, 0.3) is 0 Å². The number of rotatable bonds is 11. The Morgan fingerprint density at radius 3 is 2.26 bits per heavy atom. The number of allylic oxidation sites excluding steroid dienone is 1. The number of halogens is 4. The number of aryl methyl sites for hydroxylation is 1. The van der Waals surface area contributed by atoms with Crippen LogP contribution in [0.3, 0.4) is 0 Å². The van der Waals surface area contributed by atoms with E-state index in [2.05, 4.69) is 36.5 Å². The van der Waals surface area contributed by atoms with Crippen LogP contribution in [0.15, 0.2) is 42.0 Å². The molecule has 1 atom stereocenters. The van der Waals surface area contributed by atoms with Gasteiger partial charge in [0.2, 0.25) is 5.91 Å². The summed E-state index contributed by atoms with van der Waals surface area (Å²) in [6.07, 6.45) is -0.680. The van der Waals surface area contributed by atoms with Crippen LogP contribution in [0.5, 0.6) is 17.2 Å². The zero-order chi connectivity index (χ0) is 31.2. The molecule has 0 spiro atoms. The first-order chi connectivity index (χ1) is 19.8. The molecule has 10 heteroatoms. The number of benzene rings is 2. The minimum Gasteiger partial charge on any atom is -0.497 e. The van der Waals surface area contributed by atoms with Gasteiger partial charge in [-0.25, -0.2) is 4.39 Å². The number of alkyl halides is 3. The lowest BCUT2D eigenvalue weighted by atomic mass is 9.77. The number of carbonyl (C=O) groups is 1. The zero-order valence-electron chi connectivity index (χ0n) is 25.5. The Balaban J connectivity index is 1.90. The predicted octanol–water partition coefficient (Wildman–Crippen LogP) is 7.26. The third kappa shape index (κ3) is 7.56. The number of hydrogen-bond acceptors (Lipinski definition) is 5. The number of likely N-dealkylation sites (tertiary alicyclic amines) is 1. The standard InChI is InChI=1S/C32H42F4N2O4/c1-8-25-18-26(40-6)19-29(41-7)30(25)21(3)16-22(4)31(38(9-2)23(5)39)12-14-37(15-13-31)20-24-10-11-27(33)28(17-24)42-32(34,35)36/h10-11,16-19,21H,8-9,12-15,20H2,1-7H3/b22-16+. The number of nitrogens with zero attached hydrogens (tertiary/aromatic N) is 2. The highest BCUT2D eigenvalue weighted by atomic mass is 19.4. The van der Waals surface area contributed by atoms with E-state index in [1.165, 1.54) is 6.07 Å². The monoisotopic (exact) mass is 594 g/mol. The van der Waals surface area contributed by atoms with Gasteiger partial charge in [0.25, 0.3) is 0 Å². The minimum absolute atomic E-state index is 0.00681. The van der Waals surface area contributed by atoms with Crippen molar-refractivity contribution < 1.29 is 36.6 Å². The van der Waals surface area contributed by atoms with E-state index in [-0.39, 0.29) is 11.8 Å². The van der Waals surface area contributed by atoms with E-state index in [1.807, 2.05) is 24.0 Å². The highest BCUT2D eigenvalue weighted by Crippen LogP contribution is 2.41. The summed E-state index contributed by atoms with van der Waals surface area (Å²) in [4.78, 5) is 16.9. The van der Waals surface area contributed by atoms with E-state index in [0.717, 1.165) is 46.8 Å². The van der Waals surface area contributed by atoms with Crippen LogP contribution in [0.1, 0.15) is 70.1 Å². The smallest absolute Gasteiger partial charge is 0.497 e. The summed E-state index contributed by atoms with van der Waals surface area (Å²) in [5.41, 5.74) is 3.27. The molecule has 6 nitrogen and oxygen atoms in total. The van der Waals surface area contributed by atoms with E-state index >= 15 is 0 Å². The molecule has 1 aliphatic heterocycles. The van der Waals surface area contributed by atoms with Gasteiger partial charge in [-0.1, -0.05) is 31.6 Å². The molecule has 0 radical (unpaired) electrons. The summed E-state index contributed by atoms with van der Waals surface area (Å²) in [6, 6.07) is 7.47. The second-order valence-electron chi connectivity index (χ2n) is 10.8. The van der Waals surface area contributed by atoms with Crippen LogP contribution in [-0.4, -0.2) is 61.5 Å². The van der Waals surface area contributed by atoms with Gasteiger partial charge in [-0.3, -0.25) is 9.69 Å². The van der Waals surface area contributed by atoms with Crippen molar-refractivity contribution in [1.82, 2.24) is 9.80 Å². The summed E-state index contributed by atoms with van der Waals surface area (Å²) >= 11 is 0. The van der Waals surface area contributed by atoms with E-state index < -0.39 is 23.5 Å². The van der Waals surface area contributed by atoms with Gasteiger partial charge in [-0.2, -0.15) is 0 Å². The Morgan fingerprint density at radius 2 is 1.74 bits per heavy atom. The largest absolute Gasteiger partial charge is 0.573 e. The van der Waals surface area contributed by atoms with Crippen LogP contribution >= 0.6 is 0 Å². The van der Waals surface area contributed by atoms with Crippen LogP contribution in [0.2, 0.25) is 0 Å². The van der Waals surface area contributed by atoms with Crippen molar-refractivity contribution in [2.75, 3.05) is 33.9 Å². The average Bonchev–Trinajstić information content (AvgIpc) is 2.94. The molecule has 2 aromatic rings. The fourth-order valence-corrected chi connectivity index (χ4v) is 6.26. The number of likely N-dealkylation sites (N-methyl/N-ethyl adjacent to an activating group) is 1. The molecule has 0 aromatic heterocycles. The molecular formula is C32H42F4N2O4. The van der Waals surface area contributed by atoms with Crippen LogP contribution in [0, 0.1) is 5.82 Å². The molecule has 1 unspecified atom stereocenters. The molecule has 0 aliphatic carbocycles. The lowest BCUT2D eigenvalue weighted by molar-refractivity contribution is -0.275. The summed E-state index contributed by atoms with van der Waals surface area (Å²) < 4.78 is 67.2. The molecular weight excluding hydrogens is 552 g/mol. The maximum atomic E-state index is 13.9. The molecule has 1 fully saturated rings. The van der Waals surface area contributed by atoms with E-state index in [1.54, 1.807) is 21.1 Å². The van der Waals surface area contributed by atoms with Crippen LogP contribution in [-0.2, 0) is 17.8 Å². The molecule has 1 aliphatic rings.